The van der Waals surface area contributed by atoms with E-state index in [0.29, 0.717) is 24.3 Å². The number of hydrogen-bond acceptors (Lipinski definition) is 3. The maximum Gasteiger partial charge on any atom is 0.417 e. The summed E-state index contributed by atoms with van der Waals surface area (Å²) in [4.78, 5) is 12.1. The number of alkyl halides is 3. The third kappa shape index (κ3) is 7.05. The van der Waals surface area contributed by atoms with E-state index in [0.717, 1.165) is 36.1 Å². The van der Waals surface area contributed by atoms with Crippen molar-refractivity contribution >= 4 is 34.7 Å². The number of carbonyl (C=O) groups excluding carboxylic acids is 1. The Labute approximate surface area is 201 Å². The molecule has 0 aliphatic heterocycles. The Morgan fingerprint density at radius 2 is 1.44 bits per heavy atom. The summed E-state index contributed by atoms with van der Waals surface area (Å²) in [7, 11) is 0. The number of urea groups is 1. The molecule has 6 N–H and O–H groups in total. The minimum atomic E-state index is -4.60. The Morgan fingerprint density at radius 1 is 0.882 bits per heavy atom. The van der Waals surface area contributed by atoms with Crippen molar-refractivity contribution < 1.29 is 18.0 Å². The molecule has 3 aromatic carbocycles. The largest absolute Gasteiger partial charge is 0.417 e. The van der Waals surface area contributed by atoms with Gasteiger partial charge in [-0.3, -0.25) is 0 Å². The van der Waals surface area contributed by atoms with Crippen molar-refractivity contribution in [3.8, 4) is 0 Å². The van der Waals surface area contributed by atoms with Gasteiger partial charge in [0.2, 0.25) is 0 Å². The third-order valence-electron chi connectivity index (χ3n) is 5.41. The van der Waals surface area contributed by atoms with E-state index in [4.69, 9.17) is 23.1 Å². The number of nitrogen functional groups attached to an aromatic ring is 2. The number of benzene rings is 3. The molecule has 0 heterocycles. The van der Waals surface area contributed by atoms with Gasteiger partial charge in [0.1, 0.15) is 0 Å². The Hall–Kier alpha value is -3.39. The van der Waals surface area contributed by atoms with Gasteiger partial charge in [-0.1, -0.05) is 42.3 Å². The molecule has 0 aliphatic rings. The molecule has 2 amide bonds. The van der Waals surface area contributed by atoms with Gasteiger partial charge < -0.3 is 22.1 Å². The molecule has 3 rings (SSSR count). The van der Waals surface area contributed by atoms with Crippen LogP contribution >= 0.6 is 11.6 Å². The summed E-state index contributed by atoms with van der Waals surface area (Å²) in [6.07, 6.45) is -2.25. The highest BCUT2D eigenvalue weighted by Crippen LogP contribution is 2.36. The van der Waals surface area contributed by atoms with Crippen LogP contribution in [0.4, 0.5) is 35.0 Å². The molecule has 0 unspecified atom stereocenters. The topological polar surface area (TPSA) is 93.2 Å². The van der Waals surface area contributed by atoms with E-state index in [9.17, 15) is 18.0 Å². The predicted molar refractivity (Wildman–Crippen MR) is 131 cm³/mol. The summed E-state index contributed by atoms with van der Waals surface area (Å²) in [5.41, 5.74) is 14.3. The second-order valence-corrected chi connectivity index (χ2v) is 8.36. The lowest BCUT2D eigenvalue weighted by atomic mass is 9.87. The molecule has 0 spiro atoms. The van der Waals surface area contributed by atoms with Crippen LogP contribution in [-0.2, 0) is 6.18 Å². The number of nitrogens with one attached hydrogen (secondary N) is 2. The molecule has 0 aromatic heterocycles. The number of amides is 2. The molecule has 0 fully saturated rings. The van der Waals surface area contributed by atoms with E-state index in [2.05, 4.69) is 10.6 Å². The lowest BCUT2D eigenvalue weighted by Gasteiger charge is -2.19. The minimum Gasteiger partial charge on any atom is -0.399 e. The molecule has 9 heteroatoms. The van der Waals surface area contributed by atoms with Crippen LogP contribution in [0.25, 0.3) is 0 Å². The van der Waals surface area contributed by atoms with E-state index in [1.807, 2.05) is 48.5 Å². The van der Waals surface area contributed by atoms with Crippen LogP contribution in [0.2, 0.25) is 5.02 Å². The molecule has 0 atom stereocenters. The predicted octanol–water partition coefficient (Wildman–Crippen LogP) is 6.65. The summed E-state index contributed by atoms with van der Waals surface area (Å²) < 4.78 is 38.9. The van der Waals surface area contributed by atoms with Crippen LogP contribution in [0.5, 0.6) is 0 Å². The SMILES string of the molecule is Nc1ccc(C(CCCCNC(=O)Nc2ccc(Cl)c(C(F)(F)F)c2)c2ccc(N)cc2)cc1. The van der Waals surface area contributed by atoms with Crippen molar-refractivity contribution in [1.82, 2.24) is 5.32 Å². The zero-order chi connectivity index (χ0) is 24.7. The van der Waals surface area contributed by atoms with Gasteiger partial charge in [0.25, 0.3) is 0 Å². The number of hydrogen-bond donors (Lipinski definition) is 4. The third-order valence-corrected chi connectivity index (χ3v) is 5.74. The first-order valence-electron chi connectivity index (χ1n) is 10.8. The van der Waals surface area contributed by atoms with Crippen LogP contribution < -0.4 is 22.1 Å². The van der Waals surface area contributed by atoms with Gasteiger partial charge in [-0.15, -0.1) is 0 Å². The zero-order valence-electron chi connectivity index (χ0n) is 18.3. The second-order valence-electron chi connectivity index (χ2n) is 7.95. The highest BCUT2D eigenvalue weighted by Gasteiger charge is 2.33. The van der Waals surface area contributed by atoms with Gasteiger partial charge in [0.15, 0.2) is 0 Å². The Balaban J connectivity index is 1.52. The Kier molecular flexibility index (Phi) is 8.28. The molecule has 0 saturated heterocycles. The quantitative estimate of drug-likeness (QED) is 0.210. The van der Waals surface area contributed by atoms with Crippen LogP contribution in [0.1, 0.15) is 41.9 Å². The van der Waals surface area contributed by atoms with Gasteiger partial charge >= 0.3 is 12.2 Å². The first-order valence-corrected chi connectivity index (χ1v) is 11.1. The molecule has 5 nitrogen and oxygen atoms in total. The number of anilines is 3. The normalized spacial score (nSPS) is 11.4. The van der Waals surface area contributed by atoms with E-state index in [1.54, 1.807) is 0 Å². The van der Waals surface area contributed by atoms with E-state index < -0.39 is 22.8 Å². The van der Waals surface area contributed by atoms with Gasteiger partial charge in [0, 0.05) is 29.5 Å². The summed E-state index contributed by atoms with van der Waals surface area (Å²) in [5.74, 6) is 0.143. The highest BCUT2D eigenvalue weighted by molar-refractivity contribution is 6.31. The summed E-state index contributed by atoms with van der Waals surface area (Å²) in [6, 6.07) is 18.1. The van der Waals surface area contributed by atoms with Crippen LogP contribution in [0, 0.1) is 0 Å². The fraction of sp³-hybridized carbons (Fsp3) is 0.240. The first kappa shape index (κ1) is 25.2. The molecular weight excluding hydrogens is 465 g/mol. The van der Waals surface area contributed by atoms with E-state index in [1.165, 1.54) is 6.07 Å². The number of nitrogens with two attached hydrogens (primary N) is 2. The molecular formula is C25H26ClF3N4O. The zero-order valence-corrected chi connectivity index (χ0v) is 19.1. The Bertz CT molecular complexity index is 1060. The van der Waals surface area contributed by atoms with Gasteiger partial charge in [-0.05, 0) is 66.4 Å². The van der Waals surface area contributed by atoms with Crippen LogP contribution in [0.3, 0.4) is 0 Å². The number of unbranched alkanes of at least 4 members (excludes halogenated alkanes) is 1. The average Bonchev–Trinajstić information content (AvgIpc) is 2.78. The molecule has 0 saturated carbocycles. The number of rotatable bonds is 8. The van der Waals surface area contributed by atoms with Gasteiger partial charge in [0.05, 0.1) is 10.6 Å². The lowest BCUT2D eigenvalue weighted by Crippen LogP contribution is -2.29. The minimum absolute atomic E-state index is 0.0148. The second kappa shape index (κ2) is 11.2. The van der Waals surface area contributed by atoms with Crippen LogP contribution in [-0.4, -0.2) is 12.6 Å². The first-order chi connectivity index (χ1) is 16.1. The molecule has 0 bridgehead atoms. The summed E-state index contributed by atoms with van der Waals surface area (Å²) in [6.45, 7) is 0.377. The smallest absolute Gasteiger partial charge is 0.399 e. The van der Waals surface area contributed by atoms with Crippen molar-refractivity contribution in [2.24, 2.45) is 0 Å². The maximum atomic E-state index is 13.0. The van der Waals surface area contributed by atoms with Gasteiger partial charge in [-0.25, -0.2) is 4.79 Å². The van der Waals surface area contributed by atoms with Crippen molar-refractivity contribution in [1.29, 1.82) is 0 Å². The van der Waals surface area contributed by atoms with E-state index >= 15 is 0 Å². The molecule has 34 heavy (non-hydrogen) atoms. The fourth-order valence-electron chi connectivity index (χ4n) is 3.65. The fourth-order valence-corrected chi connectivity index (χ4v) is 3.88. The molecule has 0 radical (unpaired) electrons. The van der Waals surface area contributed by atoms with Crippen LogP contribution in [0.15, 0.2) is 66.7 Å². The van der Waals surface area contributed by atoms with Crippen molar-refractivity contribution in [2.75, 3.05) is 23.3 Å². The summed E-state index contributed by atoms with van der Waals surface area (Å²) in [5, 5.41) is 4.66. The average molecular weight is 491 g/mol. The lowest BCUT2D eigenvalue weighted by molar-refractivity contribution is -0.137. The summed E-state index contributed by atoms with van der Waals surface area (Å²) >= 11 is 5.60. The highest BCUT2D eigenvalue weighted by atomic mass is 35.5. The van der Waals surface area contributed by atoms with Crippen molar-refractivity contribution in [3.63, 3.8) is 0 Å². The van der Waals surface area contributed by atoms with Crippen molar-refractivity contribution in [3.05, 3.63) is 88.4 Å². The molecule has 0 aliphatic carbocycles. The van der Waals surface area contributed by atoms with Gasteiger partial charge in [-0.2, -0.15) is 13.2 Å². The standard InChI is InChI=1S/C25H26ClF3N4O/c26-23-13-12-20(15-22(23)25(27,28)29)33-24(34)32-14-2-1-3-21(16-4-8-18(30)9-5-16)17-6-10-19(31)11-7-17/h4-13,15,21H,1-3,14,30-31H2,(H2,32,33,34). The van der Waals surface area contributed by atoms with E-state index in [-0.39, 0.29) is 11.6 Å². The molecule has 3 aromatic rings. The Morgan fingerprint density at radius 3 is 1.97 bits per heavy atom. The number of carbonyl (C=O) groups is 1. The molecule has 180 valence electrons. The van der Waals surface area contributed by atoms with Crippen molar-refractivity contribution in [2.45, 2.75) is 31.4 Å². The number of halogens is 4. The monoisotopic (exact) mass is 490 g/mol. The maximum absolute atomic E-state index is 13.0.